The number of aromatic nitrogens is 3. The smallest absolute Gasteiger partial charge is 0.255 e. The summed E-state index contributed by atoms with van der Waals surface area (Å²) in [7, 11) is 1.54. The molecule has 0 bridgehead atoms. The number of carbonyl (C=O) groups is 1. The highest BCUT2D eigenvalue weighted by atomic mass is 16.5. The second kappa shape index (κ2) is 5.81. The predicted molar refractivity (Wildman–Crippen MR) is 65.4 cm³/mol. The van der Waals surface area contributed by atoms with E-state index in [-0.39, 0.29) is 5.91 Å². The van der Waals surface area contributed by atoms with Crippen LogP contribution >= 0.6 is 0 Å². The number of nitrogens with zero attached hydrogens (tertiary/aromatic N) is 2. The van der Waals surface area contributed by atoms with Crippen LogP contribution in [0.2, 0.25) is 0 Å². The van der Waals surface area contributed by atoms with Crippen molar-refractivity contribution in [3.05, 3.63) is 42.0 Å². The van der Waals surface area contributed by atoms with Crippen LogP contribution in [0.3, 0.4) is 0 Å². The Morgan fingerprint density at radius 3 is 3.00 bits per heavy atom. The van der Waals surface area contributed by atoms with Gasteiger partial charge in [-0.2, -0.15) is 5.10 Å². The van der Waals surface area contributed by atoms with Gasteiger partial charge in [-0.3, -0.25) is 9.89 Å². The maximum atomic E-state index is 11.9. The Morgan fingerprint density at radius 2 is 2.28 bits per heavy atom. The molecule has 0 saturated heterocycles. The number of hydrogen-bond donors (Lipinski definition) is 2. The number of hydrogen-bond acceptors (Lipinski definition) is 4. The predicted octanol–water partition coefficient (Wildman–Crippen LogP) is 0.786. The topological polar surface area (TPSA) is 79.9 Å². The third-order valence-corrected chi connectivity index (χ3v) is 2.46. The number of aromatic amines is 1. The van der Waals surface area contributed by atoms with Crippen molar-refractivity contribution in [1.29, 1.82) is 0 Å². The number of amides is 1. The van der Waals surface area contributed by atoms with Crippen LogP contribution in [-0.4, -0.2) is 34.7 Å². The molecule has 0 aliphatic heterocycles. The highest BCUT2D eigenvalue weighted by Crippen LogP contribution is 2.16. The quantitative estimate of drug-likeness (QED) is 0.817. The van der Waals surface area contributed by atoms with Crippen molar-refractivity contribution >= 4 is 5.91 Å². The third-order valence-electron chi connectivity index (χ3n) is 2.46. The van der Waals surface area contributed by atoms with Crippen molar-refractivity contribution in [1.82, 2.24) is 20.5 Å². The van der Waals surface area contributed by atoms with Crippen LogP contribution in [0.15, 0.2) is 30.6 Å². The van der Waals surface area contributed by atoms with Crippen LogP contribution in [0, 0.1) is 0 Å². The zero-order valence-corrected chi connectivity index (χ0v) is 10.0. The second-order valence-corrected chi connectivity index (χ2v) is 3.64. The van der Waals surface area contributed by atoms with Gasteiger partial charge in [-0.25, -0.2) is 4.98 Å². The molecule has 94 valence electrons. The van der Waals surface area contributed by atoms with Gasteiger partial charge >= 0.3 is 0 Å². The van der Waals surface area contributed by atoms with Crippen molar-refractivity contribution < 1.29 is 9.53 Å². The van der Waals surface area contributed by atoms with E-state index in [2.05, 4.69) is 20.5 Å². The first-order valence-electron chi connectivity index (χ1n) is 5.56. The first kappa shape index (κ1) is 12.1. The normalized spacial score (nSPS) is 10.1. The van der Waals surface area contributed by atoms with Gasteiger partial charge in [0.1, 0.15) is 17.9 Å². The fourth-order valence-corrected chi connectivity index (χ4v) is 1.57. The third kappa shape index (κ3) is 2.85. The number of H-pyrrole nitrogens is 1. The van der Waals surface area contributed by atoms with Crippen LogP contribution in [-0.2, 0) is 6.42 Å². The minimum Gasteiger partial charge on any atom is -0.496 e. The summed E-state index contributed by atoms with van der Waals surface area (Å²) in [5, 5.41) is 9.28. The minimum absolute atomic E-state index is 0.160. The monoisotopic (exact) mass is 246 g/mol. The number of rotatable bonds is 5. The summed E-state index contributed by atoms with van der Waals surface area (Å²) < 4.78 is 5.13. The Labute approximate surface area is 104 Å². The summed E-state index contributed by atoms with van der Waals surface area (Å²) in [5.41, 5.74) is 0.526. The molecule has 1 aromatic heterocycles. The molecule has 0 radical (unpaired) electrons. The molecule has 18 heavy (non-hydrogen) atoms. The van der Waals surface area contributed by atoms with Gasteiger partial charge < -0.3 is 10.1 Å². The molecule has 1 heterocycles. The largest absolute Gasteiger partial charge is 0.496 e. The summed E-state index contributed by atoms with van der Waals surface area (Å²) in [6.07, 6.45) is 2.05. The molecule has 1 amide bonds. The number of benzene rings is 1. The van der Waals surface area contributed by atoms with E-state index < -0.39 is 0 Å². The molecule has 6 heteroatoms. The van der Waals surface area contributed by atoms with Crippen molar-refractivity contribution in [2.24, 2.45) is 0 Å². The van der Waals surface area contributed by atoms with Crippen LogP contribution in [0.5, 0.6) is 5.75 Å². The van der Waals surface area contributed by atoms with Gasteiger partial charge in [-0.05, 0) is 12.1 Å². The highest BCUT2D eigenvalue weighted by Gasteiger charge is 2.10. The van der Waals surface area contributed by atoms with E-state index in [4.69, 9.17) is 4.74 Å². The standard InChI is InChI=1S/C12H14N4O2/c1-18-10-5-3-2-4-9(10)12(17)13-7-6-11-14-8-15-16-11/h2-5,8H,6-7H2,1H3,(H,13,17)(H,14,15,16). The lowest BCUT2D eigenvalue weighted by Crippen LogP contribution is -2.26. The van der Waals surface area contributed by atoms with Gasteiger partial charge in [0, 0.05) is 13.0 Å². The molecule has 1 aromatic carbocycles. The van der Waals surface area contributed by atoms with E-state index >= 15 is 0 Å². The molecule has 0 saturated carbocycles. The summed E-state index contributed by atoms with van der Waals surface area (Å²) in [6, 6.07) is 7.10. The Kier molecular flexibility index (Phi) is 3.90. The Bertz CT molecular complexity index is 511. The molecule has 6 nitrogen and oxygen atoms in total. The van der Waals surface area contributed by atoms with E-state index in [1.807, 2.05) is 6.07 Å². The van der Waals surface area contributed by atoms with Crippen molar-refractivity contribution in [2.75, 3.05) is 13.7 Å². The molecular formula is C12H14N4O2. The average Bonchev–Trinajstić information content (AvgIpc) is 2.91. The molecule has 0 spiro atoms. The van der Waals surface area contributed by atoms with Gasteiger partial charge in [-0.1, -0.05) is 12.1 Å². The number of nitrogens with one attached hydrogen (secondary N) is 2. The van der Waals surface area contributed by atoms with E-state index in [9.17, 15) is 4.79 Å². The molecule has 2 rings (SSSR count). The van der Waals surface area contributed by atoms with Crippen LogP contribution in [0.4, 0.5) is 0 Å². The maximum Gasteiger partial charge on any atom is 0.255 e. The lowest BCUT2D eigenvalue weighted by atomic mass is 10.2. The SMILES string of the molecule is COc1ccccc1C(=O)NCCc1ncn[nH]1. The second-order valence-electron chi connectivity index (χ2n) is 3.64. The summed E-state index contributed by atoms with van der Waals surface area (Å²) in [5.74, 6) is 1.15. The molecular weight excluding hydrogens is 232 g/mol. The van der Waals surface area contributed by atoms with Crippen molar-refractivity contribution in [2.45, 2.75) is 6.42 Å². The van der Waals surface area contributed by atoms with E-state index in [1.165, 1.54) is 6.33 Å². The fourth-order valence-electron chi connectivity index (χ4n) is 1.57. The van der Waals surface area contributed by atoms with Crippen molar-refractivity contribution in [3.8, 4) is 5.75 Å². The molecule has 0 aliphatic carbocycles. The highest BCUT2D eigenvalue weighted by molar-refractivity contribution is 5.96. The van der Waals surface area contributed by atoms with Gasteiger partial charge in [-0.15, -0.1) is 0 Å². The molecule has 0 aliphatic rings. The van der Waals surface area contributed by atoms with Crippen LogP contribution in [0.25, 0.3) is 0 Å². The molecule has 0 unspecified atom stereocenters. The maximum absolute atomic E-state index is 11.9. The molecule has 2 N–H and O–H groups in total. The molecule has 2 aromatic rings. The lowest BCUT2D eigenvalue weighted by Gasteiger charge is -2.08. The van der Waals surface area contributed by atoms with E-state index in [0.717, 1.165) is 5.82 Å². The Morgan fingerprint density at radius 1 is 1.44 bits per heavy atom. The first-order chi connectivity index (χ1) is 8.81. The Hall–Kier alpha value is -2.37. The van der Waals surface area contributed by atoms with E-state index in [0.29, 0.717) is 24.3 Å². The molecule has 0 atom stereocenters. The number of methoxy groups -OCH3 is 1. The number of para-hydroxylation sites is 1. The fraction of sp³-hybridized carbons (Fsp3) is 0.250. The average molecular weight is 246 g/mol. The number of ether oxygens (including phenoxy) is 1. The summed E-state index contributed by atoms with van der Waals surface area (Å²) in [6.45, 7) is 0.492. The number of carbonyl (C=O) groups excluding carboxylic acids is 1. The van der Waals surface area contributed by atoms with Crippen molar-refractivity contribution in [3.63, 3.8) is 0 Å². The van der Waals surface area contributed by atoms with Gasteiger partial charge in [0.25, 0.3) is 5.91 Å². The zero-order chi connectivity index (χ0) is 12.8. The summed E-state index contributed by atoms with van der Waals surface area (Å²) >= 11 is 0. The van der Waals surface area contributed by atoms with Gasteiger partial charge in [0.05, 0.1) is 12.7 Å². The Balaban J connectivity index is 1.91. The minimum atomic E-state index is -0.160. The van der Waals surface area contributed by atoms with Gasteiger partial charge in [0.15, 0.2) is 0 Å². The van der Waals surface area contributed by atoms with Crippen LogP contribution < -0.4 is 10.1 Å². The van der Waals surface area contributed by atoms with Gasteiger partial charge in [0.2, 0.25) is 0 Å². The van der Waals surface area contributed by atoms with Crippen LogP contribution in [0.1, 0.15) is 16.2 Å². The van der Waals surface area contributed by atoms with E-state index in [1.54, 1.807) is 25.3 Å². The zero-order valence-electron chi connectivity index (χ0n) is 10.0. The first-order valence-corrected chi connectivity index (χ1v) is 5.56. The lowest BCUT2D eigenvalue weighted by molar-refractivity contribution is 0.0951. The summed E-state index contributed by atoms with van der Waals surface area (Å²) in [4.78, 5) is 15.9. The molecule has 0 fully saturated rings.